The van der Waals surface area contributed by atoms with Crippen LogP contribution in [0.1, 0.15) is 18.9 Å². The first kappa shape index (κ1) is 18.5. The number of amides is 2. The van der Waals surface area contributed by atoms with Gasteiger partial charge in [0.25, 0.3) is 0 Å². The number of hydrogen-bond donors (Lipinski definition) is 2. The fourth-order valence-corrected chi connectivity index (χ4v) is 3.45. The monoisotopic (exact) mass is 355 g/mol. The van der Waals surface area contributed by atoms with Gasteiger partial charge in [0.2, 0.25) is 10.0 Å². The molecule has 2 rings (SSSR count). The lowest BCUT2D eigenvalue weighted by Gasteiger charge is -2.20. The number of carbonyl (C=O) groups excluding carboxylic acids is 1. The predicted molar refractivity (Wildman–Crippen MR) is 92.6 cm³/mol. The van der Waals surface area contributed by atoms with Crippen LogP contribution in [0.15, 0.2) is 24.3 Å². The minimum atomic E-state index is -3.25. The second-order valence-corrected chi connectivity index (χ2v) is 8.03. The fraction of sp³-hybridized carbons (Fsp3) is 0.562. The molecular formula is C16H25N3O4S. The third-order valence-corrected chi connectivity index (χ3v) is 4.49. The average Bonchev–Trinajstić information content (AvgIpc) is 2.91. The van der Waals surface area contributed by atoms with Gasteiger partial charge < -0.3 is 15.0 Å². The zero-order chi connectivity index (χ0) is 17.7. The second-order valence-electron chi connectivity index (χ2n) is 6.25. The van der Waals surface area contributed by atoms with Gasteiger partial charge in [-0.2, -0.15) is 0 Å². The van der Waals surface area contributed by atoms with Gasteiger partial charge in [-0.05, 0) is 38.0 Å². The SMILES string of the molecule is Cc1cccc(OC(C)CNC(=O)N2CCC(NS(C)(=O)=O)C2)c1. The van der Waals surface area contributed by atoms with E-state index in [0.717, 1.165) is 17.6 Å². The molecule has 1 aromatic rings. The van der Waals surface area contributed by atoms with Crippen LogP contribution >= 0.6 is 0 Å². The van der Waals surface area contributed by atoms with E-state index < -0.39 is 10.0 Å². The molecule has 0 spiro atoms. The molecule has 0 saturated carbocycles. The summed E-state index contributed by atoms with van der Waals surface area (Å²) >= 11 is 0. The van der Waals surface area contributed by atoms with Crippen LogP contribution in [0.3, 0.4) is 0 Å². The Morgan fingerprint density at radius 3 is 2.88 bits per heavy atom. The van der Waals surface area contributed by atoms with E-state index in [1.54, 1.807) is 4.90 Å². The van der Waals surface area contributed by atoms with E-state index in [1.165, 1.54) is 0 Å². The zero-order valence-corrected chi connectivity index (χ0v) is 15.1. The lowest BCUT2D eigenvalue weighted by molar-refractivity contribution is 0.189. The van der Waals surface area contributed by atoms with Crippen molar-refractivity contribution >= 4 is 16.1 Å². The number of sulfonamides is 1. The summed E-state index contributed by atoms with van der Waals surface area (Å²) in [4.78, 5) is 13.8. The third-order valence-electron chi connectivity index (χ3n) is 3.72. The second kappa shape index (κ2) is 7.85. The van der Waals surface area contributed by atoms with Crippen molar-refractivity contribution < 1.29 is 17.9 Å². The number of benzene rings is 1. The van der Waals surface area contributed by atoms with Crippen molar-refractivity contribution in [3.05, 3.63) is 29.8 Å². The summed E-state index contributed by atoms with van der Waals surface area (Å²) in [5, 5.41) is 2.83. The van der Waals surface area contributed by atoms with Crippen molar-refractivity contribution in [2.45, 2.75) is 32.4 Å². The highest BCUT2D eigenvalue weighted by Gasteiger charge is 2.28. The third kappa shape index (κ3) is 6.01. The van der Waals surface area contributed by atoms with Crippen molar-refractivity contribution in [1.82, 2.24) is 14.9 Å². The van der Waals surface area contributed by atoms with E-state index in [2.05, 4.69) is 10.0 Å². The molecule has 8 heteroatoms. The Morgan fingerprint density at radius 2 is 2.21 bits per heavy atom. The summed E-state index contributed by atoms with van der Waals surface area (Å²) in [7, 11) is -3.25. The number of rotatable bonds is 6. The molecule has 0 bridgehead atoms. The van der Waals surface area contributed by atoms with Crippen LogP contribution < -0.4 is 14.8 Å². The van der Waals surface area contributed by atoms with E-state index in [9.17, 15) is 13.2 Å². The summed E-state index contributed by atoms with van der Waals surface area (Å²) in [6.07, 6.45) is 1.58. The van der Waals surface area contributed by atoms with Gasteiger partial charge in [0, 0.05) is 19.1 Å². The van der Waals surface area contributed by atoms with Crippen LogP contribution in [0.4, 0.5) is 4.79 Å². The first-order chi connectivity index (χ1) is 11.2. The molecule has 0 aromatic heterocycles. The smallest absolute Gasteiger partial charge is 0.317 e. The molecule has 7 nitrogen and oxygen atoms in total. The molecule has 1 aliphatic rings. The van der Waals surface area contributed by atoms with Crippen molar-refractivity contribution in [3.8, 4) is 5.75 Å². The molecule has 1 heterocycles. The van der Waals surface area contributed by atoms with E-state index >= 15 is 0 Å². The van der Waals surface area contributed by atoms with E-state index in [4.69, 9.17) is 4.74 Å². The van der Waals surface area contributed by atoms with Gasteiger partial charge in [-0.1, -0.05) is 12.1 Å². The Morgan fingerprint density at radius 1 is 1.46 bits per heavy atom. The van der Waals surface area contributed by atoms with Crippen LogP contribution in [-0.4, -0.2) is 57.4 Å². The molecule has 1 aliphatic heterocycles. The van der Waals surface area contributed by atoms with Gasteiger partial charge >= 0.3 is 6.03 Å². The first-order valence-electron chi connectivity index (χ1n) is 7.96. The van der Waals surface area contributed by atoms with E-state index in [0.29, 0.717) is 26.1 Å². The van der Waals surface area contributed by atoms with Crippen LogP contribution in [0.25, 0.3) is 0 Å². The predicted octanol–water partition coefficient (Wildman–Crippen LogP) is 1.10. The Labute approximate surface area is 143 Å². The number of aryl methyl sites for hydroxylation is 1. The lowest BCUT2D eigenvalue weighted by Crippen LogP contribution is -2.44. The van der Waals surface area contributed by atoms with Crippen LogP contribution in [0, 0.1) is 6.92 Å². The Hall–Kier alpha value is -1.80. The molecular weight excluding hydrogens is 330 g/mol. The number of nitrogens with zero attached hydrogens (tertiary/aromatic N) is 1. The maximum atomic E-state index is 12.1. The number of carbonyl (C=O) groups is 1. The Kier molecular flexibility index (Phi) is 6.06. The molecule has 2 atom stereocenters. The molecule has 1 fully saturated rings. The zero-order valence-electron chi connectivity index (χ0n) is 14.3. The minimum Gasteiger partial charge on any atom is -0.489 e. The molecule has 2 unspecified atom stereocenters. The first-order valence-corrected chi connectivity index (χ1v) is 9.85. The molecule has 1 aromatic carbocycles. The summed E-state index contributed by atoms with van der Waals surface area (Å²) in [5.41, 5.74) is 1.12. The largest absolute Gasteiger partial charge is 0.489 e. The molecule has 24 heavy (non-hydrogen) atoms. The number of nitrogens with one attached hydrogen (secondary N) is 2. The van der Waals surface area contributed by atoms with Crippen LogP contribution in [-0.2, 0) is 10.0 Å². The van der Waals surface area contributed by atoms with Gasteiger partial charge in [-0.25, -0.2) is 17.9 Å². The number of likely N-dealkylation sites (tertiary alicyclic amines) is 1. The normalized spacial score (nSPS) is 19.1. The number of urea groups is 1. The van der Waals surface area contributed by atoms with Crippen LogP contribution in [0.5, 0.6) is 5.75 Å². The maximum Gasteiger partial charge on any atom is 0.317 e. The summed E-state index contributed by atoms with van der Waals surface area (Å²) in [5.74, 6) is 0.773. The molecule has 1 saturated heterocycles. The van der Waals surface area contributed by atoms with Crippen molar-refractivity contribution in [3.63, 3.8) is 0 Å². The van der Waals surface area contributed by atoms with Gasteiger partial charge in [-0.3, -0.25) is 0 Å². The van der Waals surface area contributed by atoms with Gasteiger partial charge in [0.1, 0.15) is 11.9 Å². The highest BCUT2D eigenvalue weighted by atomic mass is 32.2. The fourth-order valence-electron chi connectivity index (χ4n) is 2.65. The Bertz CT molecular complexity index is 678. The quantitative estimate of drug-likeness (QED) is 0.800. The molecule has 134 valence electrons. The van der Waals surface area contributed by atoms with Crippen LogP contribution in [0.2, 0.25) is 0 Å². The van der Waals surface area contributed by atoms with Gasteiger partial charge in [-0.15, -0.1) is 0 Å². The van der Waals surface area contributed by atoms with Crippen molar-refractivity contribution in [1.29, 1.82) is 0 Å². The summed E-state index contributed by atoms with van der Waals surface area (Å²) in [6, 6.07) is 7.33. The van der Waals surface area contributed by atoms with Crippen molar-refractivity contribution in [2.75, 3.05) is 25.9 Å². The molecule has 2 amide bonds. The maximum absolute atomic E-state index is 12.1. The highest BCUT2D eigenvalue weighted by molar-refractivity contribution is 7.88. The molecule has 2 N–H and O–H groups in total. The summed E-state index contributed by atoms with van der Waals surface area (Å²) < 4.78 is 30.8. The van der Waals surface area contributed by atoms with Gasteiger partial charge in [0.15, 0.2) is 0 Å². The van der Waals surface area contributed by atoms with Crippen molar-refractivity contribution in [2.24, 2.45) is 0 Å². The molecule has 0 radical (unpaired) electrons. The summed E-state index contributed by atoms with van der Waals surface area (Å²) in [6.45, 7) is 5.18. The number of hydrogen-bond acceptors (Lipinski definition) is 4. The highest BCUT2D eigenvalue weighted by Crippen LogP contribution is 2.14. The van der Waals surface area contributed by atoms with E-state index in [-0.39, 0.29) is 18.2 Å². The topological polar surface area (TPSA) is 87.7 Å². The standard InChI is InChI=1S/C16H25N3O4S/c1-12-5-4-6-15(9-12)23-13(2)10-17-16(20)19-8-7-14(11-19)18-24(3,21)22/h4-6,9,13-14,18H,7-8,10-11H2,1-3H3,(H,17,20). The Balaban J connectivity index is 1.75. The number of ether oxygens (including phenoxy) is 1. The molecule has 0 aliphatic carbocycles. The van der Waals surface area contributed by atoms with E-state index in [1.807, 2.05) is 38.1 Å². The average molecular weight is 355 g/mol. The van der Waals surface area contributed by atoms with Gasteiger partial charge in [0.05, 0.1) is 12.8 Å². The minimum absolute atomic E-state index is 0.164. The lowest BCUT2D eigenvalue weighted by atomic mass is 10.2.